The van der Waals surface area contributed by atoms with E-state index in [1.807, 2.05) is 0 Å². The predicted octanol–water partition coefficient (Wildman–Crippen LogP) is 4.02. The first kappa shape index (κ1) is 16.6. The number of rotatable bonds is 3. The molecule has 0 aliphatic carbocycles. The van der Waals surface area contributed by atoms with Crippen molar-refractivity contribution >= 4 is 18.0 Å². The summed E-state index contributed by atoms with van der Waals surface area (Å²) in [7, 11) is 0. The summed E-state index contributed by atoms with van der Waals surface area (Å²) in [4.78, 5) is 16.1. The van der Waals surface area contributed by atoms with Crippen molar-refractivity contribution in [1.82, 2.24) is 0 Å². The number of carbonyl (C=O) groups excluding carboxylic acids is 1. The standard InChI is InChI=1S/C16H11F3N2O4/c17-16(18,19)11-2-1-3-12(7-11)21-15(22)25-20-8-10-4-5-13-14(6-10)24-9-23-13/h1-8H,9H2,(H,21,22)/b20-8+. The van der Waals surface area contributed by atoms with Gasteiger partial charge in [-0.05, 0) is 36.4 Å². The normalized spacial score (nSPS) is 13.1. The van der Waals surface area contributed by atoms with Crippen LogP contribution in [0.25, 0.3) is 0 Å². The number of amides is 1. The fourth-order valence-electron chi connectivity index (χ4n) is 2.04. The molecule has 0 spiro atoms. The minimum atomic E-state index is -4.50. The molecular formula is C16H11F3N2O4. The van der Waals surface area contributed by atoms with Gasteiger partial charge in [-0.2, -0.15) is 13.2 Å². The summed E-state index contributed by atoms with van der Waals surface area (Å²) < 4.78 is 48.2. The largest absolute Gasteiger partial charge is 0.454 e. The minimum absolute atomic E-state index is 0.0573. The van der Waals surface area contributed by atoms with Crippen LogP contribution in [-0.4, -0.2) is 19.1 Å². The SMILES string of the molecule is O=C(Nc1cccc(C(F)(F)F)c1)O/N=C/c1ccc2c(c1)OCO2. The number of hydrogen-bond donors (Lipinski definition) is 1. The van der Waals surface area contributed by atoms with Crippen LogP contribution < -0.4 is 14.8 Å². The molecule has 2 aromatic carbocycles. The molecule has 0 saturated carbocycles. The molecule has 25 heavy (non-hydrogen) atoms. The van der Waals surface area contributed by atoms with Crippen molar-refractivity contribution in [1.29, 1.82) is 0 Å². The second-order valence-electron chi connectivity index (χ2n) is 4.93. The molecule has 0 unspecified atom stereocenters. The lowest BCUT2D eigenvalue weighted by Gasteiger charge is -2.08. The second-order valence-corrected chi connectivity index (χ2v) is 4.93. The smallest absolute Gasteiger partial charge is 0.437 e. The molecule has 0 fully saturated rings. The number of fused-ring (bicyclic) bond motifs is 1. The van der Waals surface area contributed by atoms with Crippen molar-refractivity contribution < 1.29 is 32.3 Å². The molecule has 3 rings (SSSR count). The maximum absolute atomic E-state index is 12.6. The highest BCUT2D eigenvalue weighted by molar-refractivity contribution is 5.86. The van der Waals surface area contributed by atoms with Crippen molar-refractivity contribution in [3.8, 4) is 11.5 Å². The summed E-state index contributed by atoms with van der Waals surface area (Å²) >= 11 is 0. The van der Waals surface area contributed by atoms with Crippen LogP contribution in [0, 0.1) is 0 Å². The first-order valence-corrected chi connectivity index (χ1v) is 7.00. The highest BCUT2D eigenvalue weighted by Crippen LogP contribution is 2.32. The predicted molar refractivity (Wildman–Crippen MR) is 81.7 cm³/mol. The van der Waals surface area contributed by atoms with Gasteiger partial charge in [-0.15, -0.1) is 0 Å². The van der Waals surface area contributed by atoms with E-state index < -0.39 is 17.8 Å². The fraction of sp³-hybridized carbons (Fsp3) is 0.125. The third kappa shape index (κ3) is 4.19. The van der Waals surface area contributed by atoms with Gasteiger partial charge in [-0.1, -0.05) is 11.2 Å². The molecule has 6 nitrogen and oxygen atoms in total. The van der Waals surface area contributed by atoms with Crippen LogP contribution in [-0.2, 0) is 11.0 Å². The summed E-state index contributed by atoms with van der Waals surface area (Å²) in [6.45, 7) is 0.131. The molecule has 1 N–H and O–H groups in total. The third-order valence-corrected chi connectivity index (χ3v) is 3.17. The summed E-state index contributed by atoms with van der Waals surface area (Å²) in [5.41, 5.74) is -0.344. The highest BCUT2D eigenvalue weighted by Gasteiger charge is 2.30. The van der Waals surface area contributed by atoms with Gasteiger partial charge < -0.3 is 9.47 Å². The quantitative estimate of drug-likeness (QED) is 0.515. The number of halogens is 3. The minimum Gasteiger partial charge on any atom is -0.454 e. The van der Waals surface area contributed by atoms with Crippen LogP contribution >= 0.6 is 0 Å². The Morgan fingerprint density at radius 2 is 1.96 bits per heavy atom. The molecule has 1 aliphatic rings. The Kier molecular flexibility index (Phi) is 4.46. The van der Waals surface area contributed by atoms with Gasteiger partial charge >= 0.3 is 12.3 Å². The molecule has 2 aromatic rings. The number of carbonyl (C=O) groups is 1. The first-order valence-electron chi connectivity index (χ1n) is 7.00. The Bertz CT molecular complexity index is 821. The first-order chi connectivity index (χ1) is 11.9. The van der Waals surface area contributed by atoms with Gasteiger partial charge in [0.15, 0.2) is 11.5 Å². The van der Waals surface area contributed by atoms with Gasteiger partial charge in [0.1, 0.15) is 0 Å². The summed E-state index contributed by atoms with van der Waals surface area (Å²) in [6.07, 6.45) is -4.26. The van der Waals surface area contributed by atoms with Crippen molar-refractivity contribution in [2.75, 3.05) is 12.1 Å². The van der Waals surface area contributed by atoms with E-state index >= 15 is 0 Å². The molecule has 1 amide bonds. The maximum Gasteiger partial charge on any atom is 0.437 e. The molecule has 9 heteroatoms. The van der Waals surface area contributed by atoms with E-state index in [2.05, 4.69) is 15.3 Å². The van der Waals surface area contributed by atoms with Gasteiger partial charge in [0, 0.05) is 11.3 Å². The average molecular weight is 352 g/mol. The molecule has 0 radical (unpaired) electrons. The highest BCUT2D eigenvalue weighted by atomic mass is 19.4. The van der Waals surface area contributed by atoms with Crippen molar-refractivity contribution in [3.63, 3.8) is 0 Å². The number of oxime groups is 1. The Morgan fingerprint density at radius 3 is 2.76 bits per heavy atom. The Morgan fingerprint density at radius 1 is 1.16 bits per heavy atom. The van der Waals surface area contributed by atoms with Gasteiger partial charge in [-0.25, -0.2) is 4.79 Å². The number of hydrogen-bond acceptors (Lipinski definition) is 5. The van der Waals surface area contributed by atoms with Crippen LogP contribution in [0.3, 0.4) is 0 Å². The monoisotopic (exact) mass is 352 g/mol. The molecule has 130 valence electrons. The van der Waals surface area contributed by atoms with E-state index in [9.17, 15) is 18.0 Å². The number of alkyl halides is 3. The van der Waals surface area contributed by atoms with Crippen LogP contribution in [0.5, 0.6) is 11.5 Å². The topological polar surface area (TPSA) is 69.2 Å². The van der Waals surface area contributed by atoms with Gasteiger partial charge in [0.05, 0.1) is 11.8 Å². The Labute approximate surface area is 139 Å². The fourth-order valence-corrected chi connectivity index (χ4v) is 2.04. The van der Waals surface area contributed by atoms with Gasteiger partial charge in [0.25, 0.3) is 0 Å². The molecule has 0 aromatic heterocycles. The summed E-state index contributed by atoms with van der Waals surface area (Å²) in [6, 6.07) is 9.15. The van der Waals surface area contributed by atoms with E-state index in [4.69, 9.17) is 9.47 Å². The maximum atomic E-state index is 12.6. The third-order valence-electron chi connectivity index (χ3n) is 3.17. The number of nitrogens with one attached hydrogen (secondary N) is 1. The molecular weight excluding hydrogens is 341 g/mol. The van der Waals surface area contributed by atoms with E-state index in [1.165, 1.54) is 18.3 Å². The van der Waals surface area contributed by atoms with Crippen LogP contribution in [0.1, 0.15) is 11.1 Å². The van der Waals surface area contributed by atoms with Gasteiger partial charge in [0.2, 0.25) is 6.79 Å². The molecule has 1 heterocycles. The van der Waals surface area contributed by atoms with E-state index in [-0.39, 0.29) is 12.5 Å². The summed E-state index contributed by atoms with van der Waals surface area (Å²) in [5.74, 6) is 1.14. The lowest BCUT2D eigenvalue weighted by Crippen LogP contribution is -2.12. The number of nitrogens with zero attached hydrogens (tertiary/aromatic N) is 1. The Balaban J connectivity index is 1.58. The van der Waals surface area contributed by atoms with E-state index in [0.717, 1.165) is 12.1 Å². The lowest BCUT2D eigenvalue weighted by molar-refractivity contribution is -0.137. The molecule has 0 saturated heterocycles. The van der Waals surface area contributed by atoms with Crippen LogP contribution in [0.15, 0.2) is 47.6 Å². The molecule has 1 aliphatic heterocycles. The van der Waals surface area contributed by atoms with Crippen molar-refractivity contribution in [2.24, 2.45) is 5.16 Å². The van der Waals surface area contributed by atoms with Crippen molar-refractivity contribution in [2.45, 2.75) is 6.18 Å². The number of benzene rings is 2. The summed E-state index contributed by atoms with van der Waals surface area (Å²) in [5, 5.41) is 5.64. The zero-order valence-electron chi connectivity index (χ0n) is 12.5. The van der Waals surface area contributed by atoms with Gasteiger partial charge in [-0.3, -0.25) is 10.2 Å². The average Bonchev–Trinajstić information content (AvgIpc) is 3.02. The van der Waals surface area contributed by atoms with Crippen LogP contribution in [0.4, 0.5) is 23.7 Å². The zero-order valence-corrected chi connectivity index (χ0v) is 12.5. The van der Waals surface area contributed by atoms with Crippen LogP contribution in [0.2, 0.25) is 0 Å². The molecule has 0 bridgehead atoms. The van der Waals surface area contributed by atoms with Crippen molar-refractivity contribution in [3.05, 3.63) is 53.6 Å². The number of anilines is 1. The second kappa shape index (κ2) is 6.71. The Hall–Kier alpha value is -3.23. The lowest BCUT2D eigenvalue weighted by atomic mass is 10.2. The number of ether oxygens (including phenoxy) is 2. The van der Waals surface area contributed by atoms with E-state index in [1.54, 1.807) is 18.2 Å². The van der Waals surface area contributed by atoms with E-state index in [0.29, 0.717) is 17.1 Å². The molecule has 0 atom stereocenters. The zero-order chi connectivity index (χ0) is 17.9.